The molecule has 0 fully saturated rings. The third-order valence-electron chi connectivity index (χ3n) is 2.52. The lowest BCUT2D eigenvalue weighted by Crippen LogP contribution is -2.17. The standard InChI is InChI=1S/C12H17NO4S/c1-3-4-7-18(16,17)13-11-8-10(12(14)15)6-5-9(11)2/h5-6,8,13H,3-4,7H2,1-2H3,(H,14,15). The summed E-state index contributed by atoms with van der Waals surface area (Å²) in [5.74, 6) is -1.04. The fourth-order valence-electron chi connectivity index (χ4n) is 1.42. The molecule has 0 aromatic heterocycles. The van der Waals surface area contributed by atoms with Gasteiger partial charge in [-0.25, -0.2) is 13.2 Å². The molecule has 0 saturated heterocycles. The molecule has 1 aromatic carbocycles. The molecule has 0 spiro atoms. The van der Waals surface area contributed by atoms with Crippen LogP contribution >= 0.6 is 0 Å². The van der Waals surface area contributed by atoms with Gasteiger partial charge in [-0.05, 0) is 31.0 Å². The predicted octanol–water partition coefficient (Wildman–Crippen LogP) is 2.24. The number of carboxylic acid groups (broad SMARTS) is 1. The molecule has 0 radical (unpaired) electrons. The van der Waals surface area contributed by atoms with Gasteiger partial charge in [-0.15, -0.1) is 0 Å². The van der Waals surface area contributed by atoms with Gasteiger partial charge < -0.3 is 5.11 Å². The van der Waals surface area contributed by atoms with Gasteiger partial charge in [0.05, 0.1) is 17.0 Å². The number of rotatable bonds is 6. The Morgan fingerprint density at radius 1 is 1.39 bits per heavy atom. The van der Waals surface area contributed by atoms with E-state index >= 15 is 0 Å². The van der Waals surface area contributed by atoms with Gasteiger partial charge >= 0.3 is 5.97 Å². The molecule has 0 unspecified atom stereocenters. The third-order valence-corrected chi connectivity index (χ3v) is 3.87. The Balaban J connectivity index is 2.96. The number of carboxylic acids is 1. The van der Waals surface area contributed by atoms with Crippen LogP contribution in [0.2, 0.25) is 0 Å². The molecule has 0 saturated carbocycles. The number of carbonyl (C=O) groups is 1. The van der Waals surface area contributed by atoms with Crippen LogP contribution in [-0.2, 0) is 10.0 Å². The number of aryl methyl sites for hydroxylation is 1. The van der Waals surface area contributed by atoms with Gasteiger partial charge in [-0.3, -0.25) is 4.72 Å². The minimum absolute atomic E-state index is 0.0419. The first-order valence-corrected chi connectivity index (χ1v) is 7.35. The summed E-state index contributed by atoms with van der Waals surface area (Å²) in [5.41, 5.74) is 1.08. The monoisotopic (exact) mass is 271 g/mol. The Kier molecular flexibility index (Phi) is 4.72. The number of benzene rings is 1. The molecule has 0 aliphatic rings. The predicted molar refractivity (Wildman–Crippen MR) is 70.5 cm³/mol. The first-order chi connectivity index (χ1) is 8.35. The number of nitrogens with one attached hydrogen (secondary N) is 1. The lowest BCUT2D eigenvalue weighted by Gasteiger charge is -2.10. The second-order valence-corrected chi connectivity index (χ2v) is 5.95. The van der Waals surface area contributed by atoms with Crippen LogP contribution in [-0.4, -0.2) is 25.2 Å². The quantitative estimate of drug-likeness (QED) is 0.831. The highest BCUT2D eigenvalue weighted by Gasteiger charge is 2.13. The van der Waals surface area contributed by atoms with Crippen LogP contribution in [0.25, 0.3) is 0 Å². The molecule has 1 aromatic rings. The van der Waals surface area contributed by atoms with Crippen LogP contribution in [0.3, 0.4) is 0 Å². The molecule has 6 heteroatoms. The van der Waals surface area contributed by atoms with Gasteiger partial charge in [0.25, 0.3) is 0 Å². The van der Waals surface area contributed by atoms with Crippen molar-refractivity contribution in [2.45, 2.75) is 26.7 Å². The van der Waals surface area contributed by atoms with E-state index in [1.807, 2.05) is 6.92 Å². The maximum atomic E-state index is 11.7. The highest BCUT2D eigenvalue weighted by Crippen LogP contribution is 2.18. The highest BCUT2D eigenvalue weighted by molar-refractivity contribution is 7.92. The lowest BCUT2D eigenvalue weighted by molar-refractivity contribution is 0.0697. The van der Waals surface area contributed by atoms with E-state index in [0.29, 0.717) is 17.7 Å². The fraction of sp³-hybridized carbons (Fsp3) is 0.417. The van der Waals surface area contributed by atoms with E-state index in [1.165, 1.54) is 12.1 Å². The summed E-state index contributed by atoms with van der Waals surface area (Å²) in [7, 11) is -3.40. The molecule has 18 heavy (non-hydrogen) atoms. The second kappa shape index (κ2) is 5.86. The minimum Gasteiger partial charge on any atom is -0.478 e. The summed E-state index contributed by atoms with van der Waals surface area (Å²) in [5, 5.41) is 8.86. The Labute approximate surface area is 107 Å². The molecule has 5 nitrogen and oxygen atoms in total. The molecule has 0 atom stereocenters. The molecule has 100 valence electrons. The molecular formula is C12H17NO4S. The zero-order chi connectivity index (χ0) is 13.8. The summed E-state index contributed by atoms with van der Waals surface area (Å²) < 4.78 is 25.9. The van der Waals surface area contributed by atoms with E-state index < -0.39 is 16.0 Å². The van der Waals surface area contributed by atoms with Crippen molar-refractivity contribution in [1.82, 2.24) is 0 Å². The van der Waals surface area contributed by atoms with Gasteiger partial charge in [-0.2, -0.15) is 0 Å². The zero-order valence-corrected chi connectivity index (χ0v) is 11.3. The lowest BCUT2D eigenvalue weighted by atomic mass is 10.1. The normalized spacial score (nSPS) is 11.2. The van der Waals surface area contributed by atoms with Crippen LogP contribution < -0.4 is 4.72 Å². The van der Waals surface area contributed by atoms with E-state index in [0.717, 1.165) is 6.42 Å². The zero-order valence-electron chi connectivity index (χ0n) is 10.4. The largest absolute Gasteiger partial charge is 0.478 e. The van der Waals surface area contributed by atoms with E-state index in [9.17, 15) is 13.2 Å². The van der Waals surface area contributed by atoms with Gasteiger partial charge in [0.2, 0.25) is 10.0 Å². The third kappa shape index (κ3) is 4.03. The number of sulfonamides is 1. The fourth-order valence-corrected chi connectivity index (χ4v) is 2.74. The van der Waals surface area contributed by atoms with Crippen molar-refractivity contribution < 1.29 is 18.3 Å². The van der Waals surface area contributed by atoms with Gasteiger partial charge in [0, 0.05) is 0 Å². The number of aromatic carboxylic acids is 1. The minimum atomic E-state index is -3.40. The Hall–Kier alpha value is -1.56. The highest BCUT2D eigenvalue weighted by atomic mass is 32.2. The Morgan fingerprint density at radius 2 is 2.06 bits per heavy atom. The molecule has 0 aliphatic heterocycles. The summed E-state index contributed by atoms with van der Waals surface area (Å²) in [6.07, 6.45) is 1.36. The van der Waals surface area contributed by atoms with E-state index in [1.54, 1.807) is 13.0 Å². The van der Waals surface area contributed by atoms with Crippen molar-refractivity contribution >= 4 is 21.7 Å². The molecule has 2 N–H and O–H groups in total. The molecule has 0 heterocycles. The first-order valence-electron chi connectivity index (χ1n) is 5.70. The summed E-state index contributed by atoms with van der Waals surface area (Å²) >= 11 is 0. The molecule has 1 rings (SSSR count). The van der Waals surface area contributed by atoms with Crippen molar-refractivity contribution in [2.24, 2.45) is 0 Å². The van der Waals surface area contributed by atoms with Crippen LogP contribution in [0.4, 0.5) is 5.69 Å². The van der Waals surface area contributed by atoms with Crippen molar-refractivity contribution in [3.63, 3.8) is 0 Å². The van der Waals surface area contributed by atoms with Crippen LogP contribution in [0.15, 0.2) is 18.2 Å². The number of hydrogen-bond acceptors (Lipinski definition) is 3. The number of hydrogen-bond donors (Lipinski definition) is 2. The average Bonchev–Trinajstić information content (AvgIpc) is 2.29. The van der Waals surface area contributed by atoms with Crippen LogP contribution in [0.5, 0.6) is 0 Å². The number of unbranched alkanes of at least 4 members (excludes halogenated alkanes) is 1. The van der Waals surface area contributed by atoms with Crippen molar-refractivity contribution in [2.75, 3.05) is 10.5 Å². The molecule has 0 bridgehead atoms. The molecule has 0 aliphatic carbocycles. The second-order valence-electron chi connectivity index (χ2n) is 4.11. The number of anilines is 1. The van der Waals surface area contributed by atoms with Gasteiger partial charge in [-0.1, -0.05) is 19.4 Å². The maximum Gasteiger partial charge on any atom is 0.335 e. The summed E-state index contributed by atoms with van der Waals surface area (Å²) in [6, 6.07) is 4.36. The molecular weight excluding hydrogens is 254 g/mol. The van der Waals surface area contributed by atoms with Gasteiger partial charge in [0.1, 0.15) is 0 Å². The average molecular weight is 271 g/mol. The topological polar surface area (TPSA) is 83.5 Å². The first kappa shape index (κ1) is 14.5. The summed E-state index contributed by atoms with van der Waals surface area (Å²) in [4.78, 5) is 10.8. The Bertz CT molecular complexity index is 537. The summed E-state index contributed by atoms with van der Waals surface area (Å²) in [6.45, 7) is 3.63. The van der Waals surface area contributed by atoms with Crippen molar-refractivity contribution in [1.29, 1.82) is 0 Å². The maximum absolute atomic E-state index is 11.7. The van der Waals surface area contributed by atoms with Crippen LogP contribution in [0, 0.1) is 6.92 Å². The Morgan fingerprint density at radius 3 is 2.61 bits per heavy atom. The smallest absolute Gasteiger partial charge is 0.335 e. The van der Waals surface area contributed by atoms with E-state index in [4.69, 9.17) is 5.11 Å². The van der Waals surface area contributed by atoms with E-state index in [-0.39, 0.29) is 11.3 Å². The SMILES string of the molecule is CCCCS(=O)(=O)Nc1cc(C(=O)O)ccc1C. The van der Waals surface area contributed by atoms with E-state index in [2.05, 4.69) is 4.72 Å². The van der Waals surface area contributed by atoms with Gasteiger partial charge in [0.15, 0.2) is 0 Å². The van der Waals surface area contributed by atoms with Crippen molar-refractivity contribution in [3.8, 4) is 0 Å². The van der Waals surface area contributed by atoms with Crippen LogP contribution in [0.1, 0.15) is 35.7 Å². The molecule has 0 amide bonds. The van der Waals surface area contributed by atoms with Crippen molar-refractivity contribution in [3.05, 3.63) is 29.3 Å².